The molecule has 0 unspecified atom stereocenters. The normalized spacial score (nSPS) is 10.2. The summed E-state index contributed by atoms with van der Waals surface area (Å²) in [7, 11) is 3.08. The van der Waals surface area contributed by atoms with Crippen molar-refractivity contribution in [1.29, 1.82) is 5.26 Å². The Labute approximate surface area is 115 Å². The first-order valence-corrected chi connectivity index (χ1v) is 5.76. The predicted octanol–water partition coefficient (Wildman–Crippen LogP) is 1.95. The summed E-state index contributed by atoms with van der Waals surface area (Å²) in [6.07, 6.45) is 0. The van der Waals surface area contributed by atoms with Crippen LogP contribution in [0.4, 0.5) is 0 Å². The van der Waals surface area contributed by atoms with E-state index in [9.17, 15) is 0 Å². The number of nitriles is 1. The largest absolute Gasteiger partial charge is 0.495 e. The van der Waals surface area contributed by atoms with Crippen LogP contribution in [0.3, 0.4) is 0 Å². The van der Waals surface area contributed by atoms with Crippen molar-refractivity contribution in [2.75, 3.05) is 14.2 Å². The molecule has 0 saturated carbocycles. The van der Waals surface area contributed by atoms with Crippen molar-refractivity contribution >= 4 is 11.6 Å². The number of hydrogen-bond donors (Lipinski definition) is 0. The van der Waals surface area contributed by atoms with Gasteiger partial charge in [0.1, 0.15) is 17.5 Å². The quantitative estimate of drug-likeness (QED) is 0.854. The fourth-order valence-electron chi connectivity index (χ4n) is 1.65. The fourth-order valence-corrected chi connectivity index (χ4v) is 1.90. The van der Waals surface area contributed by atoms with Crippen LogP contribution in [0.25, 0.3) is 5.69 Å². The van der Waals surface area contributed by atoms with Crippen molar-refractivity contribution < 1.29 is 9.47 Å². The summed E-state index contributed by atoms with van der Waals surface area (Å²) in [4.78, 5) is 0. The number of ether oxygens (including phenoxy) is 2. The second kappa shape index (κ2) is 5.69. The van der Waals surface area contributed by atoms with E-state index in [1.165, 1.54) is 4.68 Å². The van der Waals surface area contributed by atoms with Crippen LogP contribution in [0.1, 0.15) is 11.4 Å². The van der Waals surface area contributed by atoms with Gasteiger partial charge in [0, 0.05) is 7.11 Å². The third-order valence-corrected chi connectivity index (χ3v) is 2.83. The van der Waals surface area contributed by atoms with Crippen LogP contribution in [0.5, 0.6) is 5.75 Å². The SMILES string of the molecule is COCc1c(C#N)nnn1-c1ccc(OC)c(Cl)c1. The minimum atomic E-state index is 0.230. The van der Waals surface area contributed by atoms with Gasteiger partial charge in [0.05, 0.1) is 24.4 Å². The maximum Gasteiger partial charge on any atom is 0.188 e. The summed E-state index contributed by atoms with van der Waals surface area (Å²) in [6.45, 7) is 0.236. The lowest BCUT2D eigenvalue weighted by Gasteiger charge is -2.08. The van der Waals surface area contributed by atoms with Gasteiger partial charge in [0.25, 0.3) is 0 Å². The van der Waals surface area contributed by atoms with Crippen molar-refractivity contribution in [3.8, 4) is 17.5 Å². The van der Waals surface area contributed by atoms with E-state index < -0.39 is 0 Å². The molecule has 7 heteroatoms. The monoisotopic (exact) mass is 278 g/mol. The first kappa shape index (κ1) is 13.3. The van der Waals surface area contributed by atoms with Gasteiger partial charge in [-0.3, -0.25) is 0 Å². The Morgan fingerprint density at radius 2 is 2.21 bits per heavy atom. The first-order chi connectivity index (χ1) is 9.21. The van der Waals surface area contributed by atoms with Gasteiger partial charge in [0.2, 0.25) is 0 Å². The van der Waals surface area contributed by atoms with Crippen LogP contribution in [0, 0.1) is 11.3 Å². The van der Waals surface area contributed by atoms with Crippen molar-refractivity contribution in [3.63, 3.8) is 0 Å². The van der Waals surface area contributed by atoms with Crippen molar-refractivity contribution in [1.82, 2.24) is 15.0 Å². The molecule has 0 amide bonds. The maximum absolute atomic E-state index is 8.97. The summed E-state index contributed by atoms with van der Waals surface area (Å²) >= 11 is 6.07. The molecule has 1 heterocycles. The molecule has 2 aromatic rings. The topological polar surface area (TPSA) is 73.0 Å². The van der Waals surface area contributed by atoms with Gasteiger partial charge in [0.15, 0.2) is 5.69 Å². The smallest absolute Gasteiger partial charge is 0.188 e. The van der Waals surface area contributed by atoms with Gasteiger partial charge < -0.3 is 9.47 Å². The Kier molecular flexibility index (Phi) is 4.00. The molecule has 19 heavy (non-hydrogen) atoms. The molecule has 6 nitrogen and oxygen atoms in total. The van der Waals surface area contributed by atoms with E-state index in [0.29, 0.717) is 22.2 Å². The molecule has 98 valence electrons. The predicted molar refractivity (Wildman–Crippen MR) is 68.3 cm³/mol. The standard InChI is InChI=1S/C12H11ClN4O2/c1-18-7-11-10(6-14)15-16-17(11)8-3-4-12(19-2)9(13)5-8/h3-5H,7H2,1-2H3. The van der Waals surface area contributed by atoms with E-state index in [0.717, 1.165) is 0 Å². The number of halogens is 1. The number of benzene rings is 1. The molecular formula is C12H11ClN4O2. The van der Waals surface area contributed by atoms with E-state index in [2.05, 4.69) is 10.3 Å². The Morgan fingerprint density at radius 1 is 1.42 bits per heavy atom. The minimum Gasteiger partial charge on any atom is -0.495 e. The average molecular weight is 279 g/mol. The van der Waals surface area contributed by atoms with E-state index in [4.69, 9.17) is 26.3 Å². The molecule has 0 saturated heterocycles. The fraction of sp³-hybridized carbons (Fsp3) is 0.250. The average Bonchev–Trinajstić information content (AvgIpc) is 2.82. The van der Waals surface area contributed by atoms with Crippen molar-refractivity contribution in [2.24, 2.45) is 0 Å². The van der Waals surface area contributed by atoms with Gasteiger partial charge in [-0.25, -0.2) is 4.68 Å². The molecule has 0 atom stereocenters. The van der Waals surface area contributed by atoms with Crippen LogP contribution < -0.4 is 4.74 Å². The summed E-state index contributed by atoms with van der Waals surface area (Å²) in [6, 6.07) is 7.17. The van der Waals surface area contributed by atoms with Crippen molar-refractivity contribution in [3.05, 3.63) is 34.6 Å². The van der Waals surface area contributed by atoms with Crippen LogP contribution in [-0.2, 0) is 11.3 Å². The molecule has 0 N–H and O–H groups in total. The molecule has 1 aromatic heterocycles. The lowest BCUT2D eigenvalue weighted by molar-refractivity contribution is 0.179. The van der Waals surface area contributed by atoms with Gasteiger partial charge >= 0.3 is 0 Å². The zero-order valence-corrected chi connectivity index (χ0v) is 11.2. The summed E-state index contributed by atoms with van der Waals surface area (Å²) < 4.78 is 11.7. The van der Waals surface area contributed by atoms with Crippen molar-refractivity contribution in [2.45, 2.75) is 6.61 Å². The first-order valence-electron chi connectivity index (χ1n) is 5.38. The zero-order chi connectivity index (χ0) is 13.8. The highest BCUT2D eigenvalue weighted by Gasteiger charge is 2.14. The Hall–Kier alpha value is -2.10. The Morgan fingerprint density at radius 3 is 2.79 bits per heavy atom. The molecule has 0 aliphatic rings. The molecule has 1 aromatic carbocycles. The number of nitrogens with zero attached hydrogens (tertiary/aromatic N) is 4. The van der Waals surface area contributed by atoms with Crippen LogP contribution in [0.15, 0.2) is 18.2 Å². The third kappa shape index (κ3) is 2.52. The number of rotatable bonds is 4. The maximum atomic E-state index is 8.97. The van der Waals surface area contributed by atoms with Crippen LogP contribution in [-0.4, -0.2) is 29.2 Å². The molecule has 0 bridgehead atoms. The van der Waals surface area contributed by atoms with Gasteiger partial charge in [-0.05, 0) is 18.2 Å². The van der Waals surface area contributed by atoms with E-state index in [-0.39, 0.29) is 12.3 Å². The molecule has 0 spiro atoms. The van der Waals surface area contributed by atoms with E-state index >= 15 is 0 Å². The van der Waals surface area contributed by atoms with E-state index in [1.807, 2.05) is 6.07 Å². The molecule has 2 rings (SSSR count). The van der Waals surface area contributed by atoms with Crippen LogP contribution >= 0.6 is 11.6 Å². The number of hydrogen-bond acceptors (Lipinski definition) is 5. The van der Waals surface area contributed by atoms with Crippen LogP contribution in [0.2, 0.25) is 5.02 Å². The third-order valence-electron chi connectivity index (χ3n) is 2.53. The molecule has 0 aliphatic carbocycles. The lowest BCUT2D eigenvalue weighted by Crippen LogP contribution is -2.04. The highest BCUT2D eigenvalue weighted by molar-refractivity contribution is 6.32. The Bertz CT molecular complexity index is 633. The lowest BCUT2D eigenvalue weighted by atomic mass is 10.2. The Balaban J connectivity index is 2.50. The van der Waals surface area contributed by atoms with Gasteiger partial charge in [-0.15, -0.1) is 5.10 Å². The number of aromatic nitrogens is 3. The number of methoxy groups -OCH3 is 2. The van der Waals surface area contributed by atoms with Gasteiger partial charge in [-0.1, -0.05) is 16.8 Å². The molecule has 0 fully saturated rings. The summed E-state index contributed by atoms with van der Waals surface area (Å²) in [5, 5.41) is 17.2. The van der Waals surface area contributed by atoms with Gasteiger partial charge in [-0.2, -0.15) is 5.26 Å². The second-order valence-corrected chi connectivity index (χ2v) is 4.07. The summed E-state index contributed by atoms with van der Waals surface area (Å²) in [5.41, 5.74) is 1.49. The highest BCUT2D eigenvalue weighted by Crippen LogP contribution is 2.27. The molecular weight excluding hydrogens is 268 g/mol. The molecule has 0 aliphatic heterocycles. The highest BCUT2D eigenvalue weighted by atomic mass is 35.5. The zero-order valence-electron chi connectivity index (χ0n) is 10.4. The second-order valence-electron chi connectivity index (χ2n) is 3.66. The summed E-state index contributed by atoms with van der Waals surface area (Å²) in [5.74, 6) is 0.569. The van der Waals surface area contributed by atoms with E-state index in [1.54, 1.807) is 32.4 Å². The molecule has 0 radical (unpaired) electrons. The minimum absolute atomic E-state index is 0.230.